The standard InChI is InChI=1S/C17H26N2O/c1-17(14-20,15-7-5-4-6-8-15)13-19(3)16-9-11-18(2)12-10-16/h4-8,14,16H,9-13H2,1-3H3. The van der Waals surface area contributed by atoms with Crippen LogP contribution in [0.1, 0.15) is 25.3 Å². The third kappa shape index (κ3) is 3.47. The molecule has 0 aliphatic carbocycles. The Morgan fingerprint density at radius 1 is 1.30 bits per heavy atom. The topological polar surface area (TPSA) is 23.6 Å². The molecule has 1 aliphatic heterocycles. The highest BCUT2D eigenvalue weighted by molar-refractivity contribution is 5.68. The number of hydrogen-bond donors (Lipinski definition) is 0. The molecule has 2 rings (SSSR count). The summed E-state index contributed by atoms with van der Waals surface area (Å²) in [5, 5.41) is 0. The lowest BCUT2D eigenvalue weighted by molar-refractivity contribution is -0.113. The van der Waals surface area contributed by atoms with Crippen molar-refractivity contribution in [1.29, 1.82) is 0 Å². The van der Waals surface area contributed by atoms with Crippen LogP contribution in [0.15, 0.2) is 30.3 Å². The smallest absolute Gasteiger partial charge is 0.131 e. The number of aldehydes is 1. The molecule has 0 radical (unpaired) electrons. The van der Waals surface area contributed by atoms with Gasteiger partial charge in [-0.2, -0.15) is 0 Å². The summed E-state index contributed by atoms with van der Waals surface area (Å²) in [6.45, 7) is 5.13. The van der Waals surface area contributed by atoms with Crippen LogP contribution in [-0.4, -0.2) is 55.9 Å². The zero-order valence-electron chi connectivity index (χ0n) is 12.9. The molecular formula is C17H26N2O. The van der Waals surface area contributed by atoms with Crippen LogP contribution < -0.4 is 0 Å². The van der Waals surface area contributed by atoms with Gasteiger partial charge in [-0.05, 0) is 52.5 Å². The van der Waals surface area contributed by atoms with Crippen molar-refractivity contribution in [2.24, 2.45) is 0 Å². The highest BCUT2D eigenvalue weighted by Gasteiger charge is 2.31. The van der Waals surface area contributed by atoms with Crippen LogP contribution in [0.4, 0.5) is 0 Å². The summed E-state index contributed by atoms with van der Waals surface area (Å²) in [4.78, 5) is 16.4. The Balaban J connectivity index is 2.04. The number of piperidine rings is 1. The second-order valence-corrected chi connectivity index (χ2v) is 6.35. The summed E-state index contributed by atoms with van der Waals surface area (Å²) in [5.74, 6) is 0. The van der Waals surface area contributed by atoms with Crippen molar-refractivity contribution in [1.82, 2.24) is 9.80 Å². The monoisotopic (exact) mass is 274 g/mol. The van der Waals surface area contributed by atoms with E-state index in [-0.39, 0.29) is 0 Å². The minimum Gasteiger partial charge on any atom is -0.306 e. The van der Waals surface area contributed by atoms with Gasteiger partial charge in [-0.3, -0.25) is 0 Å². The molecule has 1 heterocycles. The predicted octanol–water partition coefficient (Wildman–Crippen LogP) is 2.17. The van der Waals surface area contributed by atoms with Crippen LogP contribution in [0.2, 0.25) is 0 Å². The first-order chi connectivity index (χ1) is 9.55. The first kappa shape index (κ1) is 15.2. The van der Waals surface area contributed by atoms with Gasteiger partial charge >= 0.3 is 0 Å². The summed E-state index contributed by atoms with van der Waals surface area (Å²) < 4.78 is 0. The number of likely N-dealkylation sites (tertiary alicyclic amines) is 1. The van der Waals surface area contributed by atoms with E-state index in [1.807, 2.05) is 25.1 Å². The molecule has 0 bridgehead atoms. The number of hydrogen-bond acceptors (Lipinski definition) is 3. The van der Waals surface area contributed by atoms with Gasteiger partial charge in [0.15, 0.2) is 0 Å². The number of rotatable bonds is 5. The average Bonchev–Trinajstić information content (AvgIpc) is 2.48. The van der Waals surface area contributed by atoms with E-state index in [1.54, 1.807) is 0 Å². The van der Waals surface area contributed by atoms with E-state index in [2.05, 4.69) is 36.0 Å². The Morgan fingerprint density at radius 3 is 2.45 bits per heavy atom. The fraction of sp³-hybridized carbons (Fsp3) is 0.588. The van der Waals surface area contributed by atoms with E-state index in [9.17, 15) is 4.79 Å². The first-order valence-corrected chi connectivity index (χ1v) is 7.46. The number of carbonyl (C=O) groups is 1. The third-order valence-corrected chi connectivity index (χ3v) is 4.58. The maximum atomic E-state index is 11.7. The average molecular weight is 274 g/mol. The van der Waals surface area contributed by atoms with Crippen molar-refractivity contribution < 1.29 is 4.79 Å². The van der Waals surface area contributed by atoms with Crippen molar-refractivity contribution in [3.05, 3.63) is 35.9 Å². The Bertz CT molecular complexity index is 426. The van der Waals surface area contributed by atoms with Crippen molar-refractivity contribution in [3.63, 3.8) is 0 Å². The van der Waals surface area contributed by atoms with E-state index in [4.69, 9.17) is 0 Å². The van der Waals surface area contributed by atoms with Crippen molar-refractivity contribution >= 4 is 6.29 Å². The van der Waals surface area contributed by atoms with E-state index in [0.29, 0.717) is 6.04 Å². The Labute approximate surface area is 122 Å². The molecule has 20 heavy (non-hydrogen) atoms. The van der Waals surface area contributed by atoms with Crippen LogP contribution >= 0.6 is 0 Å². The third-order valence-electron chi connectivity index (χ3n) is 4.58. The van der Waals surface area contributed by atoms with Gasteiger partial charge in [-0.25, -0.2) is 0 Å². The maximum absolute atomic E-state index is 11.7. The van der Waals surface area contributed by atoms with Gasteiger partial charge in [0, 0.05) is 12.6 Å². The molecule has 3 nitrogen and oxygen atoms in total. The number of carbonyl (C=O) groups excluding carboxylic acids is 1. The minimum absolute atomic E-state index is 0.417. The number of likely N-dealkylation sites (N-methyl/N-ethyl adjacent to an activating group) is 1. The predicted molar refractivity (Wildman–Crippen MR) is 83.0 cm³/mol. The van der Waals surface area contributed by atoms with E-state index in [0.717, 1.165) is 31.5 Å². The molecule has 0 spiro atoms. The van der Waals surface area contributed by atoms with Crippen molar-refractivity contribution in [2.45, 2.75) is 31.2 Å². The minimum atomic E-state index is -0.417. The fourth-order valence-electron chi connectivity index (χ4n) is 3.10. The van der Waals surface area contributed by atoms with E-state index >= 15 is 0 Å². The molecule has 1 saturated heterocycles. The van der Waals surface area contributed by atoms with Gasteiger partial charge < -0.3 is 14.6 Å². The SMILES string of the molecule is CN1CCC(N(C)CC(C)(C=O)c2ccccc2)CC1. The van der Waals surface area contributed by atoms with Gasteiger partial charge in [0.25, 0.3) is 0 Å². The summed E-state index contributed by atoms with van der Waals surface area (Å²) in [5.41, 5.74) is 0.689. The molecule has 0 N–H and O–H groups in total. The lowest BCUT2D eigenvalue weighted by Gasteiger charge is -2.38. The van der Waals surface area contributed by atoms with Crippen molar-refractivity contribution in [2.75, 3.05) is 33.7 Å². The van der Waals surface area contributed by atoms with Gasteiger partial charge in [-0.15, -0.1) is 0 Å². The Kier molecular flexibility index (Phi) is 4.95. The zero-order valence-corrected chi connectivity index (χ0v) is 12.9. The normalized spacial score (nSPS) is 20.8. The molecule has 1 aromatic rings. The molecule has 1 aromatic carbocycles. The van der Waals surface area contributed by atoms with Crippen LogP contribution in [0.3, 0.4) is 0 Å². The summed E-state index contributed by atoms with van der Waals surface area (Å²) in [7, 11) is 4.33. The summed E-state index contributed by atoms with van der Waals surface area (Å²) in [6, 6.07) is 10.7. The highest BCUT2D eigenvalue weighted by Crippen LogP contribution is 2.25. The largest absolute Gasteiger partial charge is 0.306 e. The van der Waals surface area contributed by atoms with Crippen LogP contribution in [0.5, 0.6) is 0 Å². The molecule has 0 aromatic heterocycles. The molecule has 3 heteroatoms. The Hall–Kier alpha value is -1.19. The Morgan fingerprint density at radius 2 is 1.90 bits per heavy atom. The fourth-order valence-corrected chi connectivity index (χ4v) is 3.10. The van der Waals surface area contributed by atoms with Crippen molar-refractivity contribution in [3.8, 4) is 0 Å². The molecular weight excluding hydrogens is 248 g/mol. The van der Waals surface area contributed by atoms with Gasteiger partial charge in [0.05, 0.1) is 5.41 Å². The van der Waals surface area contributed by atoms with E-state index < -0.39 is 5.41 Å². The summed E-state index contributed by atoms with van der Waals surface area (Å²) >= 11 is 0. The molecule has 1 aliphatic rings. The molecule has 110 valence electrons. The second-order valence-electron chi connectivity index (χ2n) is 6.35. The lowest BCUT2D eigenvalue weighted by atomic mass is 9.83. The van der Waals surface area contributed by atoms with Gasteiger partial charge in [0.1, 0.15) is 6.29 Å². The molecule has 0 saturated carbocycles. The molecule has 1 fully saturated rings. The number of nitrogens with zero attached hydrogens (tertiary/aromatic N) is 2. The molecule has 0 amide bonds. The summed E-state index contributed by atoms with van der Waals surface area (Å²) in [6.07, 6.45) is 3.49. The van der Waals surface area contributed by atoms with Gasteiger partial charge in [-0.1, -0.05) is 30.3 Å². The highest BCUT2D eigenvalue weighted by atomic mass is 16.1. The second kappa shape index (κ2) is 6.51. The van der Waals surface area contributed by atoms with Crippen LogP contribution in [0, 0.1) is 0 Å². The molecule has 1 unspecified atom stereocenters. The maximum Gasteiger partial charge on any atom is 0.131 e. The molecule has 1 atom stereocenters. The lowest BCUT2D eigenvalue weighted by Crippen LogP contribution is -2.47. The van der Waals surface area contributed by atoms with Crippen LogP contribution in [0.25, 0.3) is 0 Å². The number of benzene rings is 1. The quantitative estimate of drug-likeness (QED) is 0.769. The van der Waals surface area contributed by atoms with Gasteiger partial charge in [0.2, 0.25) is 0 Å². The zero-order chi connectivity index (χ0) is 14.6. The first-order valence-electron chi connectivity index (χ1n) is 7.46. The van der Waals surface area contributed by atoms with Crippen LogP contribution in [-0.2, 0) is 10.2 Å². The van der Waals surface area contributed by atoms with E-state index in [1.165, 1.54) is 12.8 Å².